The monoisotopic (exact) mass is 291 g/mol. The number of aliphatic carboxylic acids is 1. The largest absolute Gasteiger partial charge is 0.480 e. The van der Waals surface area contributed by atoms with Crippen molar-refractivity contribution in [3.63, 3.8) is 0 Å². The molecule has 1 fully saturated rings. The maximum Gasteiger partial charge on any atom is 0.326 e. The first-order valence-corrected chi connectivity index (χ1v) is 8.31. The summed E-state index contributed by atoms with van der Waals surface area (Å²) >= 11 is 0. The molecule has 1 aliphatic carbocycles. The standard InChI is InChI=1S/C12H21NO5S/c1-8(2)10(11(15)16)13-9(14)6-12(4-5-12)7-19(3,17)18/h8,10H,4-7H2,1-3H3,(H,13,14)(H,15,16). The van der Waals surface area contributed by atoms with Crippen molar-refractivity contribution in [3.05, 3.63) is 0 Å². The number of carbonyl (C=O) groups is 2. The molecule has 1 aliphatic rings. The molecule has 1 saturated carbocycles. The molecule has 2 N–H and O–H groups in total. The van der Waals surface area contributed by atoms with E-state index in [0.717, 1.165) is 6.26 Å². The molecule has 1 unspecified atom stereocenters. The molecule has 0 radical (unpaired) electrons. The van der Waals surface area contributed by atoms with Gasteiger partial charge in [0, 0.05) is 12.7 Å². The molecule has 0 saturated heterocycles. The summed E-state index contributed by atoms with van der Waals surface area (Å²) in [4.78, 5) is 22.8. The van der Waals surface area contributed by atoms with Crippen LogP contribution in [-0.2, 0) is 19.4 Å². The van der Waals surface area contributed by atoms with E-state index in [9.17, 15) is 18.0 Å². The van der Waals surface area contributed by atoms with Gasteiger partial charge in [-0.25, -0.2) is 13.2 Å². The van der Waals surface area contributed by atoms with Crippen LogP contribution in [0.4, 0.5) is 0 Å². The highest BCUT2D eigenvalue weighted by Gasteiger charge is 2.47. The quantitative estimate of drug-likeness (QED) is 0.708. The zero-order valence-electron chi connectivity index (χ0n) is 11.5. The summed E-state index contributed by atoms with van der Waals surface area (Å²) in [6.07, 6.45) is 2.63. The number of amides is 1. The van der Waals surface area contributed by atoms with Crippen LogP contribution in [0.2, 0.25) is 0 Å². The molecule has 0 spiro atoms. The summed E-state index contributed by atoms with van der Waals surface area (Å²) in [6.45, 7) is 3.42. The van der Waals surface area contributed by atoms with E-state index in [-0.39, 0.29) is 24.0 Å². The Morgan fingerprint density at radius 1 is 1.32 bits per heavy atom. The number of nitrogens with one attached hydrogen (secondary N) is 1. The maximum atomic E-state index is 11.8. The molecule has 0 aliphatic heterocycles. The van der Waals surface area contributed by atoms with E-state index in [1.807, 2.05) is 0 Å². The molecule has 6 nitrogen and oxygen atoms in total. The van der Waals surface area contributed by atoms with Gasteiger partial charge in [0.25, 0.3) is 0 Å². The van der Waals surface area contributed by atoms with Gasteiger partial charge in [0.2, 0.25) is 5.91 Å². The Labute approximate surface area is 113 Å². The Hall–Kier alpha value is -1.11. The van der Waals surface area contributed by atoms with Gasteiger partial charge in [-0.15, -0.1) is 0 Å². The molecule has 1 atom stereocenters. The van der Waals surface area contributed by atoms with Crippen molar-refractivity contribution in [1.29, 1.82) is 0 Å². The van der Waals surface area contributed by atoms with E-state index in [1.165, 1.54) is 0 Å². The van der Waals surface area contributed by atoms with Gasteiger partial charge < -0.3 is 10.4 Å². The fourth-order valence-electron chi connectivity index (χ4n) is 2.18. The second kappa shape index (κ2) is 5.48. The molecule has 0 bridgehead atoms. The van der Waals surface area contributed by atoms with Gasteiger partial charge in [-0.05, 0) is 24.2 Å². The number of hydrogen-bond acceptors (Lipinski definition) is 4. The van der Waals surface area contributed by atoms with E-state index >= 15 is 0 Å². The van der Waals surface area contributed by atoms with Crippen molar-refractivity contribution in [1.82, 2.24) is 5.32 Å². The predicted octanol–water partition coefficient (Wildman–Crippen LogP) is 0.427. The fourth-order valence-corrected chi connectivity index (χ4v) is 3.69. The number of carbonyl (C=O) groups excluding carboxylic acids is 1. The zero-order valence-corrected chi connectivity index (χ0v) is 12.3. The lowest BCUT2D eigenvalue weighted by Gasteiger charge is -2.20. The Balaban J connectivity index is 2.58. The molecule has 0 aromatic carbocycles. The summed E-state index contributed by atoms with van der Waals surface area (Å²) in [5.74, 6) is -1.68. The lowest BCUT2D eigenvalue weighted by Crippen LogP contribution is -2.45. The van der Waals surface area contributed by atoms with Crippen molar-refractivity contribution in [3.8, 4) is 0 Å². The number of rotatable bonds is 7. The molecule has 1 amide bonds. The topological polar surface area (TPSA) is 101 Å². The van der Waals surface area contributed by atoms with Crippen LogP contribution in [-0.4, -0.2) is 43.5 Å². The average molecular weight is 291 g/mol. The van der Waals surface area contributed by atoms with E-state index in [0.29, 0.717) is 12.8 Å². The first-order valence-electron chi connectivity index (χ1n) is 6.25. The molecule has 0 aromatic heterocycles. The lowest BCUT2D eigenvalue weighted by molar-refractivity contribution is -0.143. The van der Waals surface area contributed by atoms with Gasteiger partial charge in [0.05, 0.1) is 5.75 Å². The van der Waals surface area contributed by atoms with Gasteiger partial charge in [-0.2, -0.15) is 0 Å². The number of carboxylic acids is 1. The molecular weight excluding hydrogens is 270 g/mol. The van der Waals surface area contributed by atoms with Crippen molar-refractivity contribution in [2.24, 2.45) is 11.3 Å². The van der Waals surface area contributed by atoms with E-state index in [2.05, 4.69) is 5.32 Å². The fraction of sp³-hybridized carbons (Fsp3) is 0.833. The normalized spacial score (nSPS) is 18.9. The van der Waals surface area contributed by atoms with Gasteiger partial charge in [0.1, 0.15) is 15.9 Å². The molecule has 7 heteroatoms. The number of carboxylic acid groups (broad SMARTS) is 1. The molecular formula is C12H21NO5S. The Morgan fingerprint density at radius 2 is 1.84 bits per heavy atom. The minimum atomic E-state index is -3.12. The number of hydrogen-bond donors (Lipinski definition) is 2. The van der Waals surface area contributed by atoms with Crippen LogP contribution in [0.3, 0.4) is 0 Å². The minimum Gasteiger partial charge on any atom is -0.480 e. The second-order valence-corrected chi connectivity index (χ2v) is 8.01. The van der Waals surface area contributed by atoms with Crippen molar-refractivity contribution < 1.29 is 23.1 Å². The maximum absolute atomic E-state index is 11.8. The average Bonchev–Trinajstić information content (AvgIpc) is 2.89. The lowest BCUT2D eigenvalue weighted by atomic mass is 10.0. The molecule has 110 valence electrons. The van der Waals surface area contributed by atoms with Gasteiger partial charge in [0.15, 0.2) is 0 Å². The third-order valence-electron chi connectivity index (χ3n) is 3.31. The smallest absolute Gasteiger partial charge is 0.326 e. The third kappa shape index (κ3) is 5.18. The summed E-state index contributed by atoms with van der Waals surface area (Å²) in [5.41, 5.74) is -0.475. The number of sulfone groups is 1. The molecule has 19 heavy (non-hydrogen) atoms. The van der Waals surface area contributed by atoms with Crippen LogP contribution in [0, 0.1) is 11.3 Å². The first kappa shape index (κ1) is 15.9. The Morgan fingerprint density at radius 3 is 2.16 bits per heavy atom. The van der Waals surface area contributed by atoms with E-state index in [4.69, 9.17) is 5.11 Å². The van der Waals surface area contributed by atoms with Crippen LogP contribution in [0.5, 0.6) is 0 Å². The second-order valence-electron chi connectivity index (χ2n) is 5.87. The van der Waals surface area contributed by atoms with E-state index in [1.54, 1.807) is 13.8 Å². The summed E-state index contributed by atoms with van der Waals surface area (Å²) in [5, 5.41) is 11.4. The highest BCUT2D eigenvalue weighted by Crippen LogP contribution is 2.49. The van der Waals surface area contributed by atoms with Crippen molar-refractivity contribution >= 4 is 21.7 Å². The summed E-state index contributed by atoms with van der Waals surface area (Å²) < 4.78 is 22.6. The van der Waals surface area contributed by atoms with Crippen LogP contribution >= 0.6 is 0 Å². The van der Waals surface area contributed by atoms with E-state index < -0.39 is 27.3 Å². The molecule has 0 aromatic rings. The summed E-state index contributed by atoms with van der Waals surface area (Å²) in [6, 6.07) is -0.929. The van der Waals surface area contributed by atoms with Gasteiger partial charge in [-0.3, -0.25) is 4.79 Å². The highest BCUT2D eigenvalue weighted by atomic mass is 32.2. The summed E-state index contributed by atoms with van der Waals surface area (Å²) in [7, 11) is -3.12. The van der Waals surface area contributed by atoms with Crippen molar-refractivity contribution in [2.45, 2.75) is 39.2 Å². The first-order chi connectivity index (χ1) is 8.55. The van der Waals surface area contributed by atoms with Gasteiger partial charge >= 0.3 is 5.97 Å². The van der Waals surface area contributed by atoms with Crippen LogP contribution in [0.15, 0.2) is 0 Å². The predicted molar refractivity (Wildman–Crippen MR) is 70.4 cm³/mol. The minimum absolute atomic E-state index is 0.00711. The van der Waals surface area contributed by atoms with Crippen LogP contribution in [0.1, 0.15) is 33.1 Å². The van der Waals surface area contributed by atoms with Crippen LogP contribution < -0.4 is 5.32 Å². The molecule has 1 rings (SSSR count). The zero-order chi connectivity index (χ0) is 14.8. The van der Waals surface area contributed by atoms with Crippen molar-refractivity contribution in [2.75, 3.05) is 12.0 Å². The highest BCUT2D eigenvalue weighted by molar-refractivity contribution is 7.90. The molecule has 0 heterocycles. The van der Waals surface area contributed by atoms with Gasteiger partial charge in [-0.1, -0.05) is 13.8 Å². The van der Waals surface area contributed by atoms with Crippen LogP contribution in [0.25, 0.3) is 0 Å². The third-order valence-corrected chi connectivity index (χ3v) is 4.45. The Kier molecular flexibility index (Phi) is 4.60. The Bertz CT molecular complexity index is 465. The SMILES string of the molecule is CC(C)C(NC(=O)CC1(CS(C)(=O)=O)CC1)C(=O)O.